The van der Waals surface area contributed by atoms with Gasteiger partial charge in [0.1, 0.15) is 6.04 Å². The maximum Gasteiger partial charge on any atom is 0.326 e. The van der Waals surface area contributed by atoms with E-state index in [0.717, 1.165) is 0 Å². The number of hydrogen-bond acceptors (Lipinski definition) is 4. The standard InChI is InChI=1S/C14H19NO5/c1-8(2)13(14(19)20)15-12(18)6-4-9-3-5-10(16)11(17)7-9/h3,5,7-8,13,16-17H,4,6H2,1-2H3,(H,15,18)(H,19,20). The third-order valence-electron chi connectivity index (χ3n) is 2.93. The first-order valence-corrected chi connectivity index (χ1v) is 6.34. The Morgan fingerprint density at radius 1 is 1.20 bits per heavy atom. The van der Waals surface area contributed by atoms with Crippen LogP contribution in [0.5, 0.6) is 11.5 Å². The van der Waals surface area contributed by atoms with Gasteiger partial charge in [-0.15, -0.1) is 0 Å². The molecule has 1 rings (SSSR count). The monoisotopic (exact) mass is 281 g/mol. The van der Waals surface area contributed by atoms with Gasteiger partial charge in [0.2, 0.25) is 5.91 Å². The number of aryl methyl sites for hydroxylation is 1. The fourth-order valence-corrected chi connectivity index (χ4v) is 1.74. The van der Waals surface area contributed by atoms with Crippen molar-refractivity contribution in [3.8, 4) is 11.5 Å². The minimum Gasteiger partial charge on any atom is -0.504 e. The van der Waals surface area contributed by atoms with Crippen LogP contribution in [0.4, 0.5) is 0 Å². The van der Waals surface area contributed by atoms with E-state index in [2.05, 4.69) is 5.32 Å². The number of phenolic OH excluding ortho intramolecular Hbond substituents is 2. The number of amides is 1. The van der Waals surface area contributed by atoms with Gasteiger partial charge in [0.05, 0.1) is 0 Å². The average Bonchev–Trinajstić information content (AvgIpc) is 2.36. The molecule has 6 heteroatoms. The lowest BCUT2D eigenvalue weighted by atomic mass is 10.0. The molecule has 1 unspecified atom stereocenters. The number of carboxylic acids is 1. The number of carbonyl (C=O) groups excluding carboxylic acids is 1. The van der Waals surface area contributed by atoms with Crippen LogP contribution in [0.3, 0.4) is 0 Å². The molecule has 0 aromatic heterocycles. The van der Waals surface area contributed by atoms with Crippen LogP contribution in [-0.2, 0) is 16.0 Å². The number of nitrogens with one attached hydrogen (secondary N) is 1. The van der Waals surface area contributed by atoms with Gasteiger partial charge in [0.15, 0.2) is 11.5 Å². The van der Waals surface area contributed by atoms with E-state index in [0.29, 0.717) is 12.0 Å². The van der Waals surface area contributed by atoms with Crippen molar-refractivity contribution in [2.24, 2.45) is 5.92 Å². The van der Waals surface area contributed by atoms with Gasteiger partial charge in [0.25, 0.3) is 0 Å². The third-order valence-corrected chi connectivity index (χ3v) is 2.93. The zero-order chi connectivity index (χ0) is 15.3. The highest BCUT2D eigenvalue weighted by atomic mass is 16.4. The molecule has 0 aliphatic heterocycles. The van der Waals surface area contributed by atoms with Gasteiger partial charge in [-0.05, 0) is 30.0 Å². The lowest BCUT2D eigenvalue weighted by Gasteiger charge is -2.17. The fourth-order valence-electron chi connectivity index (χ4n) is 1.74. The zero-order valence-electron chi connectivity index (χ0n) is 11.5. The Labute approximate surface area is 117 Å². The molecule has 0 heterocycles. The summed E-state index contributed by atoms with van der Waals surface area (Å²) in [7, 11) is 0. The summed E-state index contributed by atoms with van der Waals surface area (Å²) in [6, 6.07) is 3.41. The molecule has 0 radical (unpaired) electrons. The second-order valence-corrected chi connectivity index (χ2v) is 4.95. The quantitative estimate of drug-likeness (QED) is 0.587. The first-order chi connectivity index (χ1) is 9.31. The molecule has 1 aromatic rings. The number of carboxylic acid groups (broad SMARTS) is 1. The Morgan fingerprint density at radius 2 is 1.85 bits per heavy atom. The Kier molecular flexibility index (Phi) is 5.37. The first kappa shape index (κ1) is 15.8. The largest absolute Gasteiger partial charge is 0.504 e. The lowest BCUT2D eigenvalue weighted by molar-refractivity contribution is -0.143. The molecule has 0 fully saturated rings. The molecule has 0 saturated heterocycles. The lowest BCUT2D eigenvalue weighted by Crippen LogP contribution is -2.44. The predicted octanol–water partition coefficient (Wildman–Crippen LogP) is 1.26. The molecule has 0 aliphatic carbocycles. The van der Waals surface area contributed by atoms with Gasteiger partial charge in [-0.3, -0.25) is 4.79 Å². The summed E-state index contributed by atoms with van der Waals surface area (Å²) in [5.74, 6) is -2.08. The SMILES string of the molecule is CC(C)C(NC(=O)CCc1ccc(O)c(O)c1)C(=O)O. The van der Waals surface area contributed by atoms with Gasteiger partial charge < -0.3 is 20.6 Å². The molecule has 110 valence electrons. The summed E-state index contributed by atoms with van der Waals surface area (Å²) in [5.41, 5.74) is 0.687. The summed E-state index contributed by atoms with van der Waals surface area (Å²) in [6.45, 7) is 3.44. The van der Waals surface area contributed by atoms with Crippen molar-refractivity contribution in [3.63, 3.8) is 0 Å². The van der Waals surface area contributed by atoms with Crippen molar-refractivity contribution >= 4 is 11.9 Å². The van der Waals surface area contributed by atoms with Crippen LogP contribution < -0.4 is 5.32 Å². The number of aromatic hydroxyl groups is 2. The maximum absolute atomic E-state index is 11.7. The van der Waals surface area contributed by atoms with Crippen molar-refractivity contribution in [1.29, 1.82) is 0 Å². The summed E-state index contributed by atoms with van der Waals surface area (Å²) < 4.78 is 0. The molecule has 6 nitrogen and oxygen atoms in total. The number of rotatable bonds is 6. The van der Waals surface area contributed by atoms with E-state index in [9.17, 15) is 14.7 Å². The summed E-state index contributed by atoms with van der Waals surface area (Å²) >= 11 is 0. The highest BCUT2D eigenvalue weighted by molar-refractivity contribution is 5.83. The van der Waals surface area contributed by atoms with E-state index in [1.54, 1.807) is 19.9 Å². The van der Waals surface area contributed by atoms with Crippen LogP contribution in [0.25, 0.3) is 0 Å². The molecule has 0 spiro atoms. The van der Waals surface area contributed by atoms with Gasteiger partial charge in [-0.1, -0.05) is 19.9 Å². The maximum atomic E-state index is 11.7. The van der Waals surface area contributed by atoms with E-state index in [4.69, 9.17) is 10.2 Å². The Morgan fingerprint density at radius 3 is 2.35 bits per heavy atom. The number of aliphatic carboxylic acids is 1. The molecule has 0 aliphatic rings. The van der Waals surface area contributed by atoms with Crippen molar-refractivity contribution in [1.82, 2.24) is 5.32 Å². The van der Waals surface area contributed by atoms with Crippen molar-refractivity contribution in [2.45, 2.75) is 32.7 Å². The van der Waals surface area contributed by atoms with Gasteiger partial charge in [-0.25, -0.2) is 4.79 Å². The van der Waals surface area contributed by atoms with Crippen molar-refractivity contribution in [3.05, 3.63) is 23.8 Å². The Balaban J connectivity index is 2.54. The summed E-state index contributed by atoms with van der Waals surface area (Å²) in [5, 5.41) is 29.9. The summed E-state index contributed by atoms with van der Waals surface area (Å²) in [6.07, 6.45) is 0.463. The minimum absolute atomic E-state index is 0.112. The molecule has 1 aromatic carbocycles. The highest BCUT2D eigenvalue weighted by Gasteiger charge is 2.23. The first-order valence-electron chi connectivity index (χ1n) is 6.34. The van der Waals surface area contributed by atoms with Crippen LogP contribution in [0.2, 0.25) is 0 Å². The number of phenols is 2. The van der Waals surface area contributed by atoms with Crippen LogP contribution in [0.15, 0.2) is 18.2 Å². The molecule has 1 atom stereocenters. The van der Waals surface area contributed by atoms with Crippen LogP contribution >= 0.6 is 0 Å². The molecule has 0 bridgehead atoms. The van der Waals surface area contributed by atoms with Gasteiger partial charge in [-0.2, -0.15) is 0 Å². The Bertz CT molecular complexity index is 498. The normalized spacial score (nSPS) is 12.2. The number of hydrogen-bond donors (Lipinski definition) is 4. The summed E-state index contributed by atoms with van der Waals surface area (Å²) in [4.78, 5) is 22.7. The number of carbonyl (C=O) groups is 2. The van der Waals surface area contributed by atoms with E-state index in [1.807, 2.05) is 0 Å². The van der Waals surface area contributed by atoms with Crippen LogP contribution in [-0.4, -0.2) is 33.2 Å². The van der Waals surface area contributed by atoms with E-state index >= 15 is 0 Å². The second-order valence-electron chi connectivity index (χ2n) is 4.95. The molecule has 20 heavy (non-hydrogen) atoms. The van der Waals surface area contributed by atoms with Crippen LogP contribution in [0.1, 0.15) is 25.8 Å². The van der Waals surface area contributed by atoms with Crippen molar-refractivity contribution in [2.75, 3.05) is 0 Å². The van der Waals surface area contributed by atoms with E-state index in [-0.39, 0.29) is 29.7 Å². The molecular weight excluding hydrogens is 262 g/mol. The van der Waals surface area contributed by atoms with Crippen LogP contribution in [0, 0.1) is 5.92 Å². The van der Waals surface area contributed by atoms with Gasteiger partial charge in [0, 0.05) is 6.42 Å². The zero-order valence-corrected chi connectivity index (χ0v) is 11.5. The van der Waals surface area contributed by atoms with E-state index in [1.165, 1.54) is 12.1 Å². The van der Waals surface area contributed by atoms with E-state index < -0.39 is 12.0 Å². The Hall–Kier alpha value is -2.24. The smallest absolute Gasteiger partial charge is 0.326 e. The third kappa shape index (κ3) is 4.46. The fraction of sp³-hybridized carbons (Fsp3) is 0.429. The predicted molar refractivity (Wildman–Crippen MR) is 72.5 cm³/mol. The van der Waals surface area contributed by atoms with Crippen molar-refractivity contribution < 1.29 is 24.9 Å². The average molecular weight is 281 g/mol. The second kappa shape index (κ2) is 6.79. The molecular formula is C14H19NO5. The molecule has 4 N–H and O–H groups in total. The minimum atomic E-state index is -1.06. The molecule has 0 saturated carbocycles. The molecule has 1 amide bonds. The van der Waals surface area contributed by atoms with Gasteiger partial charge >= 0.3 is 5.97 Å². The highest BCUT2D eigenvalue weighted by Crippen LogP contribution is 2.25. The number of benzene rings is 1. The topological polar surface area (TPSA) is 107 Å².